The molecule has 3 rings (SSSR count). The molecule has 5 heteroatoms. The summed E-state index contributed by atoms with van der Waals surface area (Å²) in [5.41, 5.74) is 0.747. The molecule has 0 amide bonds. The molecule has 0 bridgehead atoms. The van der Waals surface area contributed by atoms with Crippen molar-refractivity contribution in [3.8, 4) is 11.5 Å². The Morgan fingerprint density at radius 2 is 1.83 bits per heavy atom. The molecule has 0 aliphatic heterocycles. The van der Waals surface area contributed by atoms with E-state index in [1.165, 1.54) is 12.1 Å². The van der Waals surface area contributed by atoms with E-state index in [0.717, 1.165) is 10.9 Å². The Labute approximate surface area is 132 Å². The van der Waals surface area contributed by atoms with E-state index in [9.17, 15) is 9.59 Å². The minimum atomic E-state index is -0.539. The number of carbonyl (C=O) groups is 1. The van der Waals surface area contributed by atoms with Crippen LogP contribution in [0.2, 0.25) is 0 Å². The maximum absolute atomic E-state index is 11.8. The summed E-state index contributed by atoms with van der Waals surface area (Å²) in [6, 6.07) is 15.3. The predicted molar refractivity (Wildman–Crippen MR) is 84.8 cm³/mol. The number of fused-ring (bicyclic) bond motifs is 1. The fourth-order valence-electron chi connectivity index (χ4n) is 2.19. The second-order valence-electron chi connectivity index (χ2n) is 4.98. The van der Waals surface area contributed by atoms with Crippen LogP contribution in [0.3, 0.4) is 0 Å². The van der Waals surface area contributed by atoms with E-state index in [-0.39, 0.29) is 6.61 Å². The summed E-state index contributed by atoms with van der Waals surface area (Å²) in [5.74, 6) is 0.348. The van der Waals surface area contributed by atoms with E-state index < -0.39 is 11.6 Å². The van der Waals surface area contributed by atoms with Gasteiger partial charge in [0.2, 0.25) is 0 Å². The molecule has 0 unspecified atom stereocenters. The zero-order valence-corrected chi connectivity index (χ0v) is 12.4. The number of esters is 1. The smallest absolute Gasteiger partial charge is 0.349 e. The fourth-order valence-corrected chi connectivity index (χ4v) is 2.19. The summed E-state index contributed by atoms with van der Waals surface area (Å²) < 4.78 is 15.6. The van der Waals surface area contributed by atoms with Crippen molar-refractivity contribution >= 4 is 16.9 Å². The van der Waals surface area contributed by atoms with Crippen molar-refractivity contribution in [1.29, 1.82) is 0 Å². The minimum Gasteiger partial charge on any atom is -0.482 e. The number of aryl methyl sites for hydroxylation is 1. The van der Waals surface area contributed by atoms with Crippen LogP contribution in [0.1, 0.15) is 5.56 Å². The standard InChI is InChI=1S/C18H14O5/c1-12-9-17(19)23-16-10-14(7-8-15(12)16)22-18(20)11-21-13-5-3-2-4-6-13/h2-10H,11H2,1H3. The molecular weight excluding hydrogens is 296 g/mol. The van der Waals surface area contributed by atoms with Crippen molar-refractivity contribution in [2.45, 2.75) is 6.92 Å². The van der Waals surface area contributed by atoms with Crippen LogP contribution in [-0.2, 0) is 4.79 Å². The van der Waals surface area contributed by atoms with E-state index in [1.807, 2.05) is 25.1 Å². The van der Waals surface area contributed by atoms with Gasteiger partial charge in [-0.05, 0) is 36.8 Å². The number of carbonyl (C=O) groups excluding carboxylic acids is 1. The summed E-state index contributed by atoms with van der Waals surface area (Å²) in [6.45, 7) is 1.61. The van der Waals surface area contributed by atoms with Crippen LogP contribution in [0.25, 0.3) is 11.0 Å². The zero-order chi connectivity index (χ0) is 16.2. The van der Waals surface area contributed by atoms with Crippen molar-refractivity contribution in [2.75, 3.05) is 6.61 Å². The Morgan fingerprint density at radius 1 is 1.04 bits per heavy atom. The summed E-state index contributed by atoms with van der Waals surface area (Å²) >= 11 is 0. The Bertz CT molecular complexity index is 896. The molecule has 1 aromatic heterocycles. The summed E-state index contributed by atoms with van der Waals surface area (Å²) in [7, 11) is 0. The second-order valence-corrected chi connectivity index (χ2v) is 4.98. The summed E-state index contributed by atoms with van der Waals surface area (Å²) in [4.78, 5) is 23.2. The average molecular weight is 310 g/mol. The van der Waals surface area contributed by atoms with Crippen molar-refractivity contribution < 1.29 is 18.7 Å². The van der Waals surface area contributed by atoms with Gasteiger partial charge in [0.1, 0.15) is 17.1 Å². The topological polar surface area (TPSA) is 65.7 Å². The lowest BCUT2D eigenvalue weighted by molar-refractivity contribution is -0.136. The first-order chi connectivity index (χ1) is 11.1. The monoisotopic (exact) mass is 310 g/mol. The summed E-state index contributed by atoms with van der Waals surface area (Å²) in [5, 5.41) is 0.796. The quantitative estimate of drug-likeness (QED) is 0.421. The lowest BCUT2D eigenvalue weighted by Crippen LogP contribution is -2.17. The molecule has 0 aliphatic rings. The number of benzene rings is 2. The molecule has 116 valence electrons. The highest BCUT2D eigenvalue weighted by molar-refractivity contribution is 5.82. The Balaban J connectivity index is 1.71. The van der Waals surface area contributed by atoms with E-state index in [4.69, 9.17) is 13.9 Å². The number of para-hydroxylation sites is 1. The third kappa shape index (κ3) is 3.58. The second kappa shape index (κ2) is 6.36. The number of ether oxygens (including phenoxy) is 2. The van der Waals surface area contributed by atoms with Gasteiger partial charge in [-0.2, -0.15) is 0 Å². The van der Waals surface area contributed by atoms with Crippen LogP contribution in [-0.4, -0.2) is 12.6 Å². The third-order valence-electron chi connectivity index (χ3n) is 3.25. The molecule has 1 heterocycles. The third-order valence-corrected chi connectivity index (χ3v) is 3.25. The van der Waals surface area contributed by atoms with Gasteiger partial charge in [-0.1, -0.05) is 18.2 Å². The Kier molecular flexibility index (Phi) is 4.10. The molecule has 0 atom stereocenters. The Hall–Kier alpha value is -3.08. The van der Waals surface area contributed by atoms with Crippen LogP contribution in [0, 0.1) is 6.92 Å². The number of hydrogen-bond acceptors (Lipinski definition) is 5. The van der Waals surface area contributed by atoms with Crippen molar-refractivity contribution in [3.05, 3.63) is 70.6 Å². The lowest BCUT2D eigenvalue weighted by atomic mass is 10.1. The first-order valence-corrected chi connectivity index (χ1v) is 7.05. The SMILES string of the molecule is Cc1cc(=O)oc2cc(OC(=O)COc3ccccc3)ccc12. The van der Waals surface area contributed by atoms with Gasteiger partial charge < -0.3 is 13.9 Å². The molecule has 0 spiro atoms. The predicted octanol–water partition coefficient (Wildman–Crippen LogP) is 3.09. The highest BCUT2D eigenvalue weighted by atomic mass is 16.6. The molecule has 23 heavy (non-hydrogen) atoms. The van der Waals surface area contributed by atoms with Crippen LogP contribution in [0.5, 0.6) is 11.5 Å². The molecule has 2 aromatic carbocycles. The molecule has 3 aromatic rings. The van der Waals surface area contributed by atoms with Crippen molar-refractivity contribution in [2.24, 2.45) is 0 Å². The van der Waals surface area contributed by atoms with Gasteiger partial charge in [0, 0.05) is 17.5 Å². The van der Waals surface area contributed by atoms with Crippen LogP contribution in [0.4, 0.5) is 0 Å². The number of rotatable bonds is 4. The summed E-state index contributed by atoms with van der Waals surface area (Å²) in [6.07, 6.45) is 0. The number of hydrogen-bond donors (Lipinski definition) is 0. The maximum Gasteiger partial charge on any atom is 0.349 e. The largest absolute Gasteiger partial charge is 0.482 e. The van der Waals surface area contributed by atoms with E-state index in [1.54, 1.807) is 24.3 Å². The van der Waals surface area contributed by atoms with Gasteiger partial charge in [0.25, 0.3) is 0 Å². The van der Waals surface area contributed by atoms with Gasteiger partial charge in [0.15, 0.2) is 6.61 Å². The normalized spacial score (nSPS) is 10.5. The van der Waals surface area contributed by atoms with Crippen LogP contribution in [0.15, 0.2) is 63.8 Å². The van der Waals surface area contributed by atoms with Gasteiger partial charge in [-0.25, -0.2) is 9.59 Å². The molecule has 0 N–H and O–H groups in total. The highest BCUT2D eigenvalue weighted by Gasteiger charge is 2.09. The van der Waals surface area contributed by atoms with Crippen LogP contribution >= 0.6 is 0 Å². The van der Waals surface area contributed by atoms with Crippen LogP contribution < -0.4 is 15.1 Å². The first-order valence-electron chi connectivity index (χ1n) is 7.05. The van der Waals surface area contributed by atoms with E-state index in [0.29, 0.717) is 17.1 Å². The lowest BCUT2D eigenvalue weighted by Gasteiger charge is -2.07. The zero-order valence-electron chi connectivity index (χ0n) is 12.4. The average Bonchev–Trinajstić information content (AvgIpc) is 2.53. The molecule has 0 saturated heterocycles. The molecule has 0 fully saturated rings. The first kappa shape index (κ1) is 14.8. The Morgan fingerprint density at radius 3 is 2.61 bits per heavy atom. The van der Waals surface area contributed by atoms with Gasteiger partial charge in [0.05, 0.1) is 0 Å². The van der Waals surface area contributed by atoms with E-state index >= 15 is 0 Å². The highest BCUT2D eigenvalue weighted by Crippen LogP contribution is 2.22. The van der Waals surface area contributed by atoms with Crippen molar-refractivity contribution in [3.63, 3.8) is 0 Å². The molecule has 5 nitrogen and oxygen atoms in total. The van der Waals surface area contributed by atoms with Crippen molar-refractivity contribution in [1.82, 2.24) is 0 Å². The molecule has 0 aliphatic carbocycles. The maximum atomic E-state index is 11.8. The fraction of sp³-hybridized carbons (Fsp3) is 0.111. The molecule has 0 saturated carbocycles. The van der Waals surface area contributed by atoms with E-state index in [2.05, 4.69) is 0 Å². The van der Waals surface area contributed by atoms with Gasteiger partial charge in [-0.15, -0.1) is 0 Å². The molecular formula is C18H14O5. The molecule has 0 radical (unpaired) electrons. The van der Waals surface area contributed by atoms with Gasteiger partial charge in [-0.3, -0.25) is 0 Å². The minimum absolute atomic E-state index is 0.209. The van der Waals surface area contributed by atoms with Gasteiger partial charge >= 0.3 is 11.6 Å².